The second kappa shape index (κ2) is 5.31. The van der Waals surface area contributed by atoms with E-state index in [1.807, 2.05) is 6.92 Å². The van der Waals surface area contributed by atoms with Gasteiger partial charge >= 0.3 is 0 Å². The highest BCUT2D eigenvalue weighted by atomic mass is 16.1. The fraction of sp³-hybridized carbons (Fsp3) is 0.667. The van der Waals surface area contributed by atoms with Gasteiger partial charge in [0, 0.05) is 25.1 Å². The molecule has 3 N–H and O–H groups in total. The number of nitrogens with one attached hydrogen (secondary N) is 1. The van der Waals surface area contributed by atoms with Crippen LogP contribution in [0.15, 0.2) is 10.9 Å². The van der Waals surface area contributed by atoms with Crippen molar-refractivity contribution in [3.63, 3.8) is 0 Å². The lowest BCUT2D eigenvalue weighted by molar-refractivity contribution is 0.715. The van der Waals surface area contributed by atoms with Gasteiger partial charge in [-0.05, 0) is 25.8 Å². The molecule has 0 aliphatic heterocycles. The average Bonchev–Trinajstić information content (AvgIpc) is 3.13. The Morgan fingerprint density at radius 1 is 1.59 bits per heavy atom. The molecule has 0 unspecified atom stereocenters. The van der Waals surface area contributed by atoms with Crippen LogP contribution in [0.2, 0.25) is 0 Å². The smallest absolute Gasteiger partial charge is 0.252 e. The van der Waals surface area contributed by atoms with Crippen molar-refractivity contribution in [3.8, 4) is 0 Å². The molecule has 0 aromatic carbocycles. The van der Waals surface area contributed by atoms with Crippen molar-refractivity contribution in [3.05, 3.63) is 22.2 Å². The summed E-state index contributed by atoms with van der Waals surface area (Å²) in [6.45, 7) is 3.55. The van der Waals surface area contributed by atoms with Crippen molar-refractivity contribution in [1.82, 2.24) is 9.97 Å². The summed E-state index contributed by atoms with van der Waals surface area (Å²) in [6.07, 6.45) is 4.08. The number of hydrogen-bond donors (Lipinski definition) is 2. The molecule has 17 heavy (non-hydrogen) atoms. The minimum Gasteiger partial charge on any atom is -0.353 e. The maximum Gasteiger partial charge on any atom is 0.252 e. The Kier molecular flexibility index (Phi) is 3.78. The monoisotopic (exact) mass is 236 g/mol. The lowest BCUT2D eigenvalue weighted by Gasteiger charge is -2.23. The molecule has 5 nitrogen and oxygen atoms in total. The van der Waals surface area contributed by atoms with E-state index in [0.717, 1.165) is 31.0 Å². The maximum absolute atomic E-state index is 11.5. The van der Waals surface area contributed by atoms with Gasteiger partial charge in [0.1, 0.15) is 11.6 Å². The summed E-state index contributed by atoms with van der Waals surface area (Å²) in [5, 5.41) is 0. The fourth-order valence-corrected chi connectivity index (χ4v) is 1.94. The van der Waals surface area contributed by atoms with Gasteiger partial charge in [0.25, 0.3) is 5.56 Å². The number of nitrogens with two attached hydrogens (primary N) is 1. The van der Waals surface area contributed by atoms with Crippen LogP contribution in [0.1, 0.15) is 32.0 Å². The van der Waals surface area contributed by atoms with Gasteiger partial charge in [-0.25, -0.2) is 4.98 Å². The predicted octanol–water partition coefficient (Wildman–Crippen LogP) is 0.650. The van der Waals surface area contributed by atoms with Crippen molar-refractivity contribution in [1.29, 1.82) is 0 Å². The molecule has 0 amide bonds. The van der Waals surface area contributed by atoms with Gasteiger partial charge < -0.3 is 15.6 Å². The Morgan fingerprint density at radius 2 is 2.35 bits per heavy atom. The quantitative estimate of drug-likeness (QED) is 0.760. The van der Waals surface area contributed by atoms with Crippen LogP contribution in [-0.4, -0.2) is 29.1 Å². The lowest BCUT2D eigenvalue weighted by atomic mass is 10.3. The van der Waals surface area contributed by atoms with E-state index in [-0.39, 0.29) is 5.56 Å². The minimum absolute atomic E-state index is 0.0646. The highest BCUT2D eigenvalue weighted by Gasteiger charge is 2.29. The minimum atomic E-state index is -0.0646. The van der Waals surface area contributed by atoms with E-state index in [9.17, 15) is 4.79 Å². The molecule has 0 radical (unpaired) electrons. The Morgan fingerprint density at radius 3 is 2.94 bits per heavy atom. The van der Waals surface area contributed by atoms with Gasteiger partial charge in [-0.3, -0.25) is 4.79 Å². The molecule has 1 aromatic rings. The number of aryl methyl sites for hydroxylation is 1. The van der Waals surface area contributed by atoms with Crippen LogP contribution in [0.5, 0.6) is 0 Å². The largest absolute Gasteiger partial charge is 0.353 e. The van der Waals surface area contributed by atoms with Gasteiger partial charge in [-0.1, -0.05) is 6.92 Å². The van der Waals surface area contributed by atoms with Crippen molar-refractivity contribution >= 4 is 5.82 Å². The molecular weight excluding hydrogens is 216 g/mol. The first kappa shape index (κ1) is 12.1. The summed E-state index contributed by atoms with van der Waals surface area (Å²) < 4.78 is 0. The maximum atomic E-state index is 11.5. The Balaban J connectivity index is 2.22. The zero-order chi connectivity index (χ0) is 12.3. The van der Waals surface area contributed by atoms with Crippen molar-refractivity contribution in [2.75, 3.05) is 18.0 Å². The van der Waals surface area contributed by atoms with Gasteiger partial charge in [-0.15, -0.1) is 0 Å². The summed E-state index contributed by atoms with van der Waals surface area (Å²) in [7, 11) is 0. The number of H-pyrrole nitrogens is 1. The zero-order valence-corrected chi connectivity index (χ0v) is 10.3. The topological polar surface area (TPSA) is 75.0 Å². The summed E-state index contributed by atoms with van der Waals surface area (Å²) >= 11 is 0. The molecule has 1 heterocycles. The summed E-state index contributed by atoms with van der Waals surface area (Å²) in [5.74, 6) is 1.56. The van der Waals surface area contributed by atoms with Gasteiger partial charge in [0.05, 0.1) is 0 Å². The van der Waals surface area contributed by atoms with Crippen molar-refractivity contribution in [2.45, 2.75) is 38.6 Å². The molecule has 1 aromatic heterocycles. The number of hydrogen-bond acceptors (Lipinski definition) is 4. The number of aromatic amines is 1. The predicted molar refractivity (Wildman–Crippen MR) is 68.3 cm³/mol. The SMILES string of the molecule is CCc1nc(N(CCCN)C2CC2)cc(=O)[nH]1. The fourth-order valence-electron chi connectivity index (χ4n) is 1.94. The van der Waals surface area contributed by atoms with E-state index in [2.05, 4.69) is 14.9 Å². The Hall–Kier alpha value is -1.36. The molecule has 5 heteroatoms. The number of anilines is 1. The van der Waals surface area contributed by atoms with Gasteiger partial charge in [-0.2, -0.15) is 0 Å². The van der Waals surface area contributed by atoms with Crippen LogP contribution in [0.25, 0.3) is 0 Å². The third-order valence-electron chi connectivity index (χ3n) is 3.00. The number of rotatable bonds is 6. The van der Waals surface area contributed by atoms with E-state index >= 15 is 0 Å². The molecule has 0 atom stereocenters. The van der Waals surface area contributed by atoms with Crippen LogP contribution < -0.4 is 16.2 Å². The Labute approximate surface area is 101 Å². The van der Waals surface area contributed by atoms with Crippen LogP contribution in [0.4, 0.5) is 5.82 Å². The molecule has 2 rings (SSSR count). The molecule has 94 valence electrons. The molecule has 0 bridgehead atoms. The normalized spacial score (nSPS) is 14.9. The Bertz CT molecular complexity index is 425. The molecule has 1 saturated carbocycles. The van der Waals surface area contributed by atoms with E-state index in [4.69, 9.17) is 5.73 Å². The molecule has 1 fully saturated rings. The average molecular weight is 236 g/mol. The first-order chi connectivity index (χ1) is 8.24. The van der Waals surface area contributed by atoms with Crippen LogP contribution in [0, 0.1) is 0 Å². The van der Waals surface area contributed by atoms with Crippen molar-refractivity contribution < 1.29 is 0 Å². The standard InChI is InChI=1S/C12H20N4O/c1-2-10-14-11(8-12(17)15-10)16(7-3-6-13)9-4-5-9/h8-9H,2-7,13H2,1H3,(H,14,15,17). The number of aromatic nitrogens is 2. The van der Waals surface area contributed by atoms with E-state index in [1.54, 1.807) is 6.07 Å². The molecular formula is C12H20N4O. The van der Waals surface area contributed by atoms with Crippen molar-refractivity contribution in [2.24, 2.45) is 5.73 Å². The van der Waals surface area contributed by atoms with Gasteiger partial charge in [0.15, 0.2) is 0 Å². The summed E-state index contributed by atoms with van der Waals surface area (Å²) in [4.78, 5) is 21.0. The third kappa shape index (κ3) is 3.06. The van der Waals surface area contributed by atoms with E-state index in [0.29, 0.717) is 12.6 Å². The van der Waals surface area contributed by atoms with Crippen LogP contribution in [0.3, 0.4) is 0 Å². The second-order valence-corrected chi connectivity index (χ2v) is 4.47. The summed E-state index contributed by atoms with van der Waals surface area (Å²) in [5.41, 5.74) is 5.48. The van der Waals surface area contributed by atoms with Gasteiger partial charge in [0.2, 0.25) is 0 Å². The number of nitrogens with zero attached hydrogens (tertiary/aromatic N) is 2. The molecule has 0 saturated heterocycles. The summed E-state index contributed by atoms with van der Waals surface area (Å²) in [6, 6.07) is 2.15. The van der Waals surface area contributed by atoms with E-state index < -0.39 is 0 Å². The highest BCUT2D eigenvalue weighted by Crippen LogP contribution is 2.30. The molecule has 0 spiro atoms. The van der Waals surface area contributed by atoms with Crippen LogP contribution >= 0.6 is 0 Å². The van der Waals surface area contributed by atoms with Crippen LogP contribution in [-0.2, 0) is 6.42 Å². The molecule has 1 aliphatic carbocycles. The lowest BCUT2D eigenvalue weighted by Crippen LogP contribution is -2.30. The first-order valence-electron chi connectivity index (χ1n) is 6.31. The third-order valence-corrected chi connectivity index (χ3v) is 3.00. The second-order valence-electron chi connectivity index (χ2n) is 4.47. The highest BCUT2D eigenvalue weighted by molar-refractivity contribution is 5.40. The molecule has 1 aliphatic rings. The van der Waals surface area contributed by atoms with E-state index in [1.165, 1.54) is 12.8 Å². The first-order valence-corrected chi connectivity index (χ1v) is 6.31. The zero-order valence-electron chi connectivity index (χ0n) is 10.3.